The molecular formula is C66H42N4O2. The van der Waals surface area contributed by atoms with E-state index in [-0.39, 0.29) is 0 Å². The van der Waals surface area contributed by atoms with E-state index in [1.54, 1.807) is 0 Å². The van der Waals surface area contributed by atoms with Crippen molar-refractivity contribution in [1.29, 1.82) is 0 Å². The summed E-state index contributed by atoms with van der Waals surface area (Å²) in [5.41, 5.74) is 15.1. The summed E-state index contributed by atoms with van der Waals surface area (Å²) >= 11 is 0. The number of rotatable bonds is 10. The Bertz CT molecular complexity index is 3830. The lowest BCUT2D eigenvalue weighted by molar-refractivity contribution is 0.465. The van der Waals surface area contributed by atoms with E-state index in [0.29, 0.717) is 23.3 Å². The molecule has 338 valence electrons. The second-order valence-electron chi connectivity index (χ2n) is 17.7. The molecule has 9 aromatic carbocycles. The topological polar surface area (TPSA) is 70.0 Å². The van der Waals surface area contributed by atoms with Crippen LogP contribution >= 0.6 is 0 Å². The molecule has 0 atom stereocenters. The highest BCUT2D eigenvalue weighted by atomic mass is 16.5. The molecule has 0 saturated heterocycles. The quantitative estimate of drug-likeness (QED) is 0.127. The number of benzene rings is 9. The van der Waals surface area contributed by atoms with Gasteiger partial charge in [-0.15, -0.1) is 0 Å². The van der Waals surface area contributed by atoms with Gasteiger partial charge in [-0.05, 0) is 80.9 Å². The maximum absolute atomic E-state index is 6.47. The fourth-order valence-electron chi connectivity index (χ4n) is 9.76. The van der Waals surface area contributed by atoms with E-state index >= 15 is 0 Å². The Balaban J connectivity index is 0.989. The molecule has 4 heterocycles. The number of para-hydroxylation sites is 2. The van der Waals surface area contributed by atoms with Crippen LogP contribution in [0, 0.1) is 0 Å². The van der Waals surface area contributed by atoms with Crippen molar-refractivity contribution in [2.24, 2.45) is 0 Å². The predicted molar refractivity (Wildman–Crippen MR) is 293 cm³/mol. The Morgan fingerprint density at radius 3 is 0.792 bits per heavy atom. The summed E-state index contributed by atoms with van der Waals surface area (Å²) < 4.78 is 12.9. The minimum atomic E-state index is 0.495. The van der Waals surface area contributed by atoms with Gasteiger partial charge in [-0.3, -0.25) is 0 Å². The van der Waals surface area contributed by atoms with Crippen LogP contribution in [0.15, 0.2) is 255 Å². The molecule has 0 amide bonds. The minimum Gasteiger partial charge on any atom is -0.439 e. The standard InChI is InChI=1S/C66H42N4O2/c1-7-19-43(20-8-1)55-39-59(67-63-51(55)35-37-53-57(45-23-11-3-12-24-45)41-61(69-65(53)63)71-49-27-15-5-16-28-49)47-31-33-48(34-32-47)60-40-56(44-21-9-2-10-22-44)52-36-38-54-58(46-25-13-4-14-26-46)42-62(70-66(54)64(52)68-60)72-50-29-17-6-18-30-50/h1-42H. The van der Waals surface area contributed by atoms with Crippen LogP contribution in [0.1, 0.15) is 0 Å². The van der Waals surface area contributed by atoms with Crippen LogP contribution < -0.4 is 9.47 Å². The van der Waals surface area contributed by atoms with Crippen LogP contribution in [-0.2, 0) is 0 Å². The summed E-state index contributed by atoms with van der Waals surface area (Å²) in [5, 5.41) is 3.97. The van der Waals surface area contributed by atoms with Gasteiger partial charge in [0.15, 0.2) is 0 Å². The molecule has 0 aliphatic rings. The highest BCUT2D eigenvalue weighted by Gasteiger charge is 2.20. The smallest absolute Gasteiger partial charge is 0.220 e. The third-order valence-electron chi connectivity index (χ3n) is 13.2. The minimum absolute atomic E-state index is 0.495. The van der Waals surface area contributed by atoms with Crippen LogP contribution in [-0.4, -0.2) is 19.9 Å². The van der Waals surface area contributed by atoms with E-state index in [1.807, 2.05) is 97.1 Å². The fraction of sp³-hybridized carbons (Fsp3) is 0. The molecule has 0 unspecified atom stereocenters. The van der Waals surface area contributed by atoms with Gasteiger partial charge in [0, 0.05) is 44.8 Å². The van der Waals surface area contributed by atoms with E-state index in [1.165, 1.54) is 0 Å². The van der Waals surface area contributed by atoms with Crippen LogP contribution in [0.25, 0.3) is 111 Å². The lowest BCUT2D eigenvalue weighted by Gasteiger charge is -2.16. The molecule has 0 bridgehead atoms. The Morgan fingerprint density at radius 2 is 0.486 bits per heavy atom. The molecule has 0 fully saturated rings. The van der Waals surface area contributed by atoms with Crippen molar-refractivity contribution in [3.8, 4) is 90.3 Å². The molecule has 6 heteroatoms. The first-order chi connectivity index (χ1) is 35.7. The molecule has 72 heavy (non-hydrogen) atoms. The summed E-state index contributed by atoms with van der Waals surface area (Å²) in [6, 6.07) is 87.1. The van der Waals surface area contributed by atoms with Crippen LogP contribution in [0.2, 0.25) is 0 Å². The van der Waals surface area contributed by atoms with Crippen molar-refractivity contribution < 1.29 is 9.47 Å². The maximum atomic E-state index is 6.47. The van der Waals surface area contributed by atoms with Gasteiger partial charge in [0.05, 0.1) is 22.4 Å². The van der Waals surface area contributed by atoms with Crippen molar-refractivity contribution in [2.45, 2.75) is 0 Å². The average Bonchev–Trinajstić information content (AvgIpc) is 3.45. The number of nitrogens with zero attached hydrogens (tertiary/aromatic N) is 4. The Morgan fingerprint density at radius 1 is 0.222 bits per heavy atom. The van der Waals surface area contributed by atoms with Gasteiger partial charge < -0.3 is 9.47 Å². The van der Waals surface area contributed by atoms with Crippen molar-refractivity contribution >= 4 is 43.6 Å². The summed E-state index contributed by atoms with van der Waals surface area (Å²) in [7, 11) is 0. The summed E-state index contributed by atoms with van der Waals surface area (Å²) in [6.07, 6.45) is 0. The Kier molecular flexibility index (Phi) is 10.7. The van der Waals surface area contributed by atoms with Gasteiger partial charge >= 0.3 is 0 Å². The number of hydrogen-bond acceptors (Lipinski definition) is 6. The number of fused-ring (bicyclic) bond motifs is 6. The maximum Gasteiger partial charge on any atom is 0.220 e. The fourth-order valence-corrected chi connectivity index (χ4v) is 9.76. The predicted octanol–water partition coefficient (Wildman–Crippen LogP) is 17.5. The molecule has 6 nitrogen and oxygen atoms in total. The largest absolute Gasteiger partial charge is 0.439 e. The zero-order valence-corrected chi connectivity index (χ0v) is 38.9. The molecule has 0 aliphatic carbocycles. The highest BCUT2D eigenvalue weighted by Crippen LogP contribution is 2.42. The number of pyridine rings is 4. The SMILES string of the molecule is c1ccc(Oc2cc(-c3ccccc3)c3ccc4c(-c5ccccc5)cc(-c5ccc(-c6cc(-c7ccccc7)c7ccc8c(-c9ccccc9)cc(Oc9ccccc9)nc8c7n6)cc5)nc4c3n2)cc1. The lowest BCUT2D eigenvalue weighted by Crippen LogP contribution is -1.97. The summed E-state index contributed by atoms with van der Waals surface area (Å²) in [5.74, 6) is 2.41. The van der Waals surface area contributed by atoms with Crippen molar-refractivity contribution in [3.63, 3.8) is 0 Å². The highest BCUT2D eigenvalue weighted by molar-refractivity contribution is 6.14. The molecule has 0 aliphatic heterocycles. The molecule has 0 saturated carbocycles. The average molecular weight is 923 g/mol. The second kappa shape index (κ2) is 18.3. The molecule has 4 aromatic heterocycles. The van der Waals surface area contributed by atoms with Crippen LogP contribution in [0.5, 0.6) is 23.3 Å². The summed E-state index contributed by atoms with van der Waals surface area (Å²) in [4.78, 5) is 21.4. The van der Waals surface area contributed by atoms with E-state index < -0.39 is 0 Å². The summed E-state index contributed by atoms with van der Waals surface area (Å²) in [6.45, 7) is 0. The first-order valence-electron chi connectivity index (χ1n) is 24.0. The zero-order valence-electron chi connectivity index (χ0n) is 38.9. The first kappa shape index (κ1) is 42.3. The monoisotopic (exact) mass is 922 g/mol. The van der Waals surface area contributed by atoms with Crippen molar-refractivity contribution in [1.82, 2.24) is 19.9 Å². The van der Waals surface area contributed by atoms with Gasteiger partial charge in [-0.1, -0.05) is 206 Å². The molecule has 0 radical (unpaired) electrons. The van der Waals surface area contributed by atoms with Gasteiger partial charge in [0.25, 0.3) is 0 Å². The van der Waals surface area contributed by atoms with Crippen molar-refractivity contribution in [2.75, 3.05) is 0 Å². The van der Waals surface area contributed by atoms with E-state index in [9.17, 15) is 0 Å². The van der Waals surface area contributed by atoms with E-state index in [2.05, 4.69) is 158 Å². The normalized spacial score (nSPS) is 11.3. The lowest BCUT2D eigenvalue weighted by atomic mass is 9.94. The molecule has 0 spiro atoms. The third kappa shape index (κ3) is 8.03. The molecular weight excluding hydrogens is 881 g/mol. The van der Waals surface area contributed by atoms with Gasteiger partial charge in [-0.25, -0.2) is 19.9 Å². The zero-order chi connectivity index (χ0) is 47.8. The van der Waals surface area contributed by atoms with Crippen molar-refractivity contribution in [3.05, 3.63) is 255 Å². The van der Waals surface area contributed by atoms with Crippen LogP contribution in [0.4, 0.5) is 0 Å². The number of aromatic nitrogens is 4. The second-order valence-corrected chi connectivity index (χ2v) is 17.7. The first-order valence-corrected chi connectivity index (χ1v) is 24.0. The number of hydrogen-bond donors (Lipinski definition) is 0. The Labute approximate surface area is 416 Å². The number of ether oxygens (including phenoxy) is 2. The molecule has 13 aromatic rings. The molecule has 13 rings (SSSR count). The van der Waals surface area contributed by atoms with Gasteiger partial charge in [-0.2, -0.15) is 0 Å². The molecule has 0 N–H and O–H groups in total. The van der Waals surface area contributed by atoms with Gasteiger partial charge in [0.2, 0.25) is 11.8 Å². The van der Waals surface area contributed by atoms with Gasteiger partial charge in [0.1, 0.15) is 22.5 Å². The van der Waals surface area contributed by atoms with E-state index in [0.717, 1.165) is 111 Å². The Hall–Kier alpha value is -9.78. The van der Waals surface area contributed by atoms with Crippen LogP contribution in [0.3, 0.4) is 0 Å². The van der Waals surface area contributed by atoms with E-state index in [4.69, 9.17) is 29.4 Å². The third-order valence-corrected chi connectivity index (χ3v) is 13.2.